The van der Waals surface area contributed by atoms with E-state index in [1.54, 1.807) is 6.08 Å². The molecule has 0 spiro atoms. The fourth-order valence-electron chi connectivity index (χ4n) is 6.60. The molecule has 0 bridgehead atoms. The second kappa shape index (κ2) is 39.2. The van der Waals surface area contributed by atoms with E-state index in [4.69, 9.17) is 9.05 Å². The first-order chi connectivity index (χ1) is 27.0. The number of nitrogens with zero attached hydrogens (tertiary/aromatic N) is 1. The maximum Gasteiger partial charge on any atom is 0.268 e. The largest absolute Gasteiger partial charge is 0.756 e. The fraction of sp³-hybridized carbons (Fsp3) is 0.851. The Morgan fingerprint density at radius 1 is 0.607 bits per heavy atom. The van der Waals surface area contributed by atoms with Crippen molar-refractivity contribution in [1.29, 1.82) is 0 Å². The molecule has 0 aromatic carbocycles. The lowest BCUT2D eigenvalue weighted by atomic mass is 10.0. The Balaban J connectivity index is 4.46. The monoisotopic (exact) mass is 811 g/mol. The first-order valence-corrected chi connectivity index (χ1v) is 24.8. The molecule has 0 fully saturated rings. The van der Waals surface area contributed by atoms with Gasteiger partial charge in [0.15, 0.2) is 0 Å². The maximum atomic E-state index is 12.9. The van der Waals surface area contributed by atoms with Gasteiger partial charge in [0.05, 0.1) is 39.9 Å². The lowest BCUT2D eigenvalue weighted by Crippen LogP contribution is -2.45. The number of nitrogens with one attached hydrogen (secondary N) is 1. The molecule has 3 unspecified atom stereocenters. The van der Waals surface area contributed by atoms with Gasteiger partial charge in [0.25, 0.3) is 7.82 Å². The second-order valence-corrected chi connectivity index (χ2v) is 18.5. The molecule has 0 radical (unpaired) electrons. The molecule has 330 valence electrons. The molecule has 9 heteroatoms. The van der Waals surface area contributed by atoms with E-state index in [2.05, 4.69) is 43.5 Å². The average molecular weight is 811 g/mol. The van der Waals surface area contributed by atoms with Crippen LogP contribution in [-0.2, 0) is 18.4 Å². The molecule has 0 aliphatic rings. The highest BCUT2D eigenvalue weighted by Crippen LogP contribution is 2.38. The van der Waals surface area contributed by atoms with Gasteiger partial charge in [-0.3, -0.25) is 9.36 Å². The molecule has 56 heavy (non-hydrogen) atoms. The number of aliphatic hydroxyl groups is 1. The highest BCUT2D eigenvalue weighted by atomic mass is 31.2. The molecule has 0 saturated carbocycles. The van der Waals surface area contributed by atoms with Crippen LogP contribution in [0.2, 0.25) is 0 Å². The molecule has 0 aliphatic heterocycles. The van der Waals surface area contributed by atoms with Crippen molar-refractivity contribution in [1.82, 2.24) is 5.32 Å². The van der Waals surface area contributed by atoms with Crippen molar-refractivity contribution in [3.63, 3.8) is 0 Å². The number of rotatable bonds is 42. The number of amides is 1. The van der Waals surface area contributed by atoms with Crippen molar-refractivity contribution in [2.75, 3.05) is 40.9 Å². The van der Waals surface area contributed by atoms with Crippen LogP contribution in [0.1, 0.15) is 206 Å². The van der Waals surface area contributed by atoms with Crippen molar-refractivity contribution in [3.05, 3.63) is 36.5 Å². The number of hydrogen-bond acceptors (Lipinski definition) is 6. The topological polar surface area (TPSA) is 108 Å². The molecular weight excluding hydrogens is 719 g/mol. The summed E-state index contributed by atoms with van der Waals surface area (Å²) in [6.45, 7) is 4.62. The van der Waals surface area contributed by atoms with E-state index in [0.29, 0.717) is 17.4 Å². The summed E-state index contributed by atoms with van der Waals surface area (Å²) in [5.74, 6) is -0.210. The summed E-state index contributed by atoms with van der Waals surface area (Å²) >= 11 is 0. The van der Waals surface area contributed by atoms with E-state index in [0.717, 1.165) is 44.9 Å². The average Bonchev–Trinajstić information content (AvgIpc) is 3.15. The van der Waals surface area contributed by atoms with Crippen LogP contribution in [-0.4, -0.2) is 68.5 Å². The number of carbonyl (C=O) groups excluding carboxylic acids is 1. The Hall–Kier alpha value is -1.28. The highest BCUT2D eigenvalue weighted by Gasteiger charge is 2.23. The first-order valence-electron chi connectivity index (χ1n) is 23.4. The lowest BCUT2D eigenvalue weighted by Gasteiger charge is -2.29. The third kappa shape index (κ3) is 40.9. The minimum atomic E-state index is -4.60. The van der Waals surface area contributed by atoms with Gasteiger partial charge in [0.2, 0.25) is 5.91 Å². The summed E-state index contributed by atoms with van der Waals surface area (Å²) in [6.07, 6.45) is 47.6. The van der Waals surface area contributed by atoms with Crippen molar-refractivity contribution < 1.29 is 32.9 Å². The predicted molar refractivity (Wildman–Crippen MR) is 238 cm³/mol. The third-order valence-electron chi connectivity index (χ3n) is 10.3. The standard InChI is InChI=1S/C47H91N2O6P/c1-6-8-10-12-14-16-18-20-22-24-25-26-28-30-32-34-36-38-40-46(50)45(44-55-56(52,53)54-43-42-49(3,4)5)48-47(51)41-39-37-35-33-31-29-27-23-21-19-17-15-13-11-9-7-2/h24-25,30,32,38,40,45-46,50H,6-23,26-29,31,33-37,39,41-44H2,1-5H3,(H-,48,51,52,53)/b25-24+,32-30+,40-38+. The van der Waals surface area contributed by atoms with Crippen molar-refractivity contribution in [2.24, 2.45) is 0 Å². The fourth-order valence-corrected chi connectivity index (χ4v) is 7.32. The van der Waals surface area contributed by atoms with Gasteiger partial charge in [-0.25, -0.2) is 0 Å². The smallest absolute Gasteiger partial charge is 0.268 e. The van der Waals surface area contributed by atoms with Crippen molar-refractivity contribution >= 4 is 13.7 Å². The van der Waals surface area contributed by atoms with Gasteiger partial charge in [-0.15, -0.1) is 0 Å². The van der Waals surface area contributed by atoms with E-state index in [1.807, 2.05) is 27.2 Å². The molecular formula is C47H91N2O6P. The SMILES string of the molecule is CCCCCCCCCC/C=C/CC/C=C/CC/C=C/C(O)C(COP(=O)([O-])OCC[N+](C)(C)C)NC(=O)CCCCCCCCCCCCCCCCCC. The summed E-state index contributed by atoms with van der Waals surface area (Å²) in [5.41, 5.74) is 0. The number of allylic oxidation sites excluding steroid dienone is 5. The summed E-state index contributed by atoms with van der Waals surface area (Å²) in [6, 6.07) is -0.905. The number of aliphatic hydroxyl groups excluding tert-OH is 1. The summed E-state index contributed by atoms with van der Waals surface area (Å²) in [5, 5.41) is 13.8. The number of phosphoric ester groups is 1. The van der Waals surface area contributed by atoms with E-state index < -0.39 is 26.6 Å². The van der Waals surface area contributed by atoms with Crippen LogP contribution in [0, 0.1) is 0 Å². The van der Waals surface area contributed by atoms with Crippen LogP contribution in [0.4, 0.5) is 0 Å². The molecule has 0 aromatic rings. The van der Waals surface area contributed by atoms with Gasteiger partial charge in [-0.2, -0.15) is 0 Å². The quantitative estimate of drug-likeness (QED) is 0.0275. The van der Waals surface area contributed by atoms with Crippen molar-refractivity contribution in [2.45, 2.75) is 219 Å². The van der Waals surface area contributed by atoms with Crippen LogP contribution in [0.5, 0.6) is 0 Å². The van der Waals surface area contributed by atoms with Crippen LogP contribution in [0.3, 0.4) is 0 Å². The third-order valence-corrected chi connectivity index (χ3v) is 11.3. The Kier molecular flexibility index (Phi) is 38.3. The first kappa shape index (κ1) is 54.7. The molecule has 3 atom stereocenters. The van der Waals surface area contributed by atoms with Gasteiger partial charge in [0.1, 0.15) is 13.2 Å². The minimum Gasteiger partial charge on any atom is -0.756 e. The maximum absolute atomic E-state index is 12.9. The minimum absolute atomic E-state index is 0.00781. The van der Waals surface area contributed by atoms with Gasteiger partial charge < -0.3 is 28.8 Å². The summed E-state index contributed by atoms with van der Waals surface area (Å²) in [4.78, 5) is 25.3. The van der Waals surface area contributed by atoms with Crippen molar-refractivity contribution in [3.8, 4) is 0 Å². The van der Waals surface area contributed by atoms with E-state index in [1.165, 1.54) is 141 Å². The Labute approximate surface area is 347 Å². The van der Waals surface area contributed by atoms with Crippen LogP contribution in [0.15, 0.2) is 36.5 Å². The number of phosphoric acid groups is 1. The number of quaternary nitrogens is 1. The molecule has 0 rings (SSSR count). The van der Waals surface area contributed by atoms with Crippen LogP contribution in [0.25, 0.3) is 0 Å². The lowest BCUT2D eigenvalue weighted by molar-refractivity contribution is -0.870. The van der Waals surface area contributed by atoms with Crippen LogP contribution >= 0.6 is 7.82 Å². The van der Waals surface area contributed by atoms with Gasteiger partial charge in [-0.05, 0) is 44.9 Å². The van der Waals surface area contributed by atoms with Crippen LogP contribution < -0.4 is 10.2 Å². The zero-order valence-corrected chi connectivity index (χ0v) is 38.2. The number of likely N-dealkylation sites (N-methyl/N-ethyl adjacent to an activating group) is 1. The van der Waals surface area contributed by atoms with Gasteiger partial charge >= 0.3 is 0 Å². The number of unbranched alkanes of at least 4 members (excludes halogenated alkanes) is 25. The van der Waals surface area contributed by atoms with E-state index >= 15 is 0 Å². The second-order valence-electron chi connectivity index (χ2n) is 17.1. The number of hydrogen-bond donors (Lipinski definition) is 2. The number of carbonyl (C=O) groups is 1. The van der Waals surface area contributed by atoms with E-state index in [9.17, 15) is 19.4 Å². The molecule has 0 aliphatic carbocycles. The predicted octanol–water partition coefficient (Wildman–Crippen LogP) is 12.5. The van der Waals surface area contributed by atoms with E-state index in [-0.39, 0.29) is 12.5 Å². The Bertz CT molecular complexity index is 1010. The zero-order valence-electron chi connectivity index (χ0n) is 37.3. The Morgan fingerprint density at radius 2 is 1.00 bits per heavy atom. The molecule has 2 N–H and O–H groups in total. The molecule has 8 nitrogen and oxygen atoms in total. The molecule has 1 amide bonds. The Morgan fingerprint density at radius 3 is 1.45 bits per heavy atom. The highest BCUT2D eigenvalue weighted by molar-refractivity contribution is 7.45. The van der Waals surface area contributed by atoms with Gasteiger partial charge in [0, 0.05) is 6.42 Å². The summed E-state index contributed by atoms with van der Waals surface area (Å²) < 4.78 is 23.2. The van der Waals surface area contributed by atoms with Gasteiger partial charge in [-0.1, -0.05) is 192 Å². The molecule has 0 saturated heterocycles. The molecule has 0 aromatic heterocycles. The molecule has 0 heterocycles. The normalized spacial score (nSPS) is 14.6. The summed E-state index contributed by atoms with van der Waals surface area (Å²) in [7, 11) is 1.24. The zero-order chi connectivity index (χ0) is 41.4.